The van der Waals surface area contributed by atoms with Crippen LogP contribution < -0.4 is 10.1 Å². The van der Waals surface area contributed by atoms with Crippen molar-refractivity contribution in [2.24, 2.45) is 0 Å². The van der Waals surface area contributed by atoms with E-state index < -0.39 is 23.4 Å². The molecule has 0 saturated heterocycles. The molecule has 1 amide bonds. The molecule has 0 saturated carbocycles. The number of esters is 1. The molecule has 0 spiro atoms. The first-order valence-electron chi connectivity index (χ1n) is 7.86. The third-order valence-electron chi connectivity index (χ3n) is 3.68. The Hall–Kier alpha value is -3.13. The number of nitro groups is 1. The fraction of sp³-hybridized carbons (Fsp3) is 0.222. The highest BCUT2D eigenvalue weighted by Crippen LogP contribution is 2.28. The van der Waals surface area contributed by atoms with Crippen molar-refractivity contribution in [2.75, 3.05) is 13.7 Å². The number of benzene rings is 2. The number of carbonyl (C=O) groups excluding carboxylic acids is 2. The van der Waals surface area contributed by atoms with Gasteiger partial charge in [-0.3, -0.25) is 14.9 Å². The van der Waals surface area contributed by atoms with Crippen LogP contribution in [0.4, 0.5) is 5.69 Å². The summed E-state index contributed by atoms with van der Waals surface area (Å²) in [5, 5.41) is 14.4. The Morgan fingerprint density at radius 1 is 1.22 bits per heavy atom. The zero-order valence-corrected chi connectivity index (χ0v) is 15.4. The maximum absolute atomic E-state index is 12.1. The van der Waals surface area contributed by atoms with Crippen molar-refractivity contribution < 1.29 is 24.0 Å². The van der Waals surface area contributed by atoms with Gasteiger partial charge in [-0.25, -0.2) is 4.79 Å². The molecule has 2 aromatic carbocycles. The molecule has 1 unspecified atom stereocenters. The fourth-order valence-corrected chi connectivity index (χ4v) is 2.41. The van der Waals surface area contributed by atoms with Gasteiger partial charge in [0, 0.05) is 17.2 Å². The van der Waals surface area contributed by atoms with Crippen LogP contribution in [0.1, 0.15) is 28.9 Å². The molecule has 0 aliphatic heterocycles. The largest absolute Gasteiger partial charge is 0.477 e. The number of hydrogen-bond acceptors (Lipinski definition) is 6. The van der Waals surface area contributed by atoms with Crippen LogP contribution >= 0.6 is 11.6 Å². The number of carbonyl (C=O) groups is 2. The van der Waals surface area contributed by atoms with Crippen molar-refractivity contribution in [3.63, 3.8) is 0 Å². The van der Waals surface area contributed by atoms with Gasteiger partial charge in [0.15, 0.2) is 12.4 Å². The number of rotatable bonds is 7. The van der Waals surface area contributed by atoms with Crippen LogP contribution in [0.5, 0.6) is 5.75 Å². The van der Waals surface area contributed by atoms with Gasteiger partial charge in [-0.05, 0) is 30.7 Å². The number of methoxy groups -OCH3 is 1. The number of ether oxygens (including phenoxy) is 2. The summed E-state index contributed by atoms with van der Waals surface area (Å²) in [6.45, 7) is 1.32. The molecule has 0 bridgehead atoms. The summed E-state index contributed by atoms with van der Waals surface area (Å²) in [7, 11) is 1.19. The molecule has 8 nitrogen and oxygen atoms in total. The predicted molar refractivity (Wildman–Crippen MR) is 97.9 cm³/mol. The van der Waals surface area contributed by atoms with Crippen molar-refractivity contribution in [1.82, 2.24) is 5.32 Å². The van der Waals surface area contributed by atoms with E-state index in [-0.39, 0.29) is 23.0 Å². The molecule has 0 heterocycles. The van der Waals surface area contributed by atoms with Crippen LogP contribution in [0.15, 0.2) is 42.5 Å². The molecule has 0 radical (unpaired) electrons. The monoisotopic (exact) mass is 392 g/mol. The summed E-state index contributed by atoms with van der Waals surface area (Å²) in [4.78, 5) is 34.1. The van der Waals surface area contributed by atoms with E-state index in [9.17, 15) is 19.7 Å². The van der Waals surface area contributed by atoms with Crippen molar-refractivity contribution in [3.05, 3.63) is 68.7 Å². The standard InChI is InChI=1S/C18H17ClN2O6/c1-11(12-3-6-14(19)7-4-12)20-17(22)10-27-16-9-13(18(23)26-2)5-8-15(16)21(24)25/h3-9,11H,10H2,1-2H3,(H,20,22). The van der Waals surface area contributed by atoms with Crippen LogP contribution in [0.25, 0.3) is 0 Å². The Kier molecular flexibility index (Phi) is 6.73. The average Bonchev–Trinajstić information content (AvgIpc) is 2.65. The summed E-state index contributed by atoms with van der Waals surface area (Å²) < 4.78 is 9.84. The van der Waals surface area contributed by atoms with Crippen molar-refractivity contribution in [3.8, 4) is 5.75 Å². The van der Waals surface area contributed by atoms with E-state index in [1.165, 1.54) is 19.2 Å². The van der Waals surface area contributed by atoms with E-state index in [1.807, 2.05) is 0 Å². The summed E-state index contributed by atoms with van der Waals surface area (Å²) >= 11 is 5.83. The lowest BCUT2D eigenvalue weighted by Crippen LogP contribution is -2.31. The molecule has 9 heteroatoms. The Bertz CT molecular complexity index is 853. The number of amides is 1. The first-order chi connectivity index (χ1) is 12.8. The van der Waals surface area contributed by atoms with Crippen molar-refractivity contribution in [2.45, 2.75) is 13.0 Å². The first kappa shape index (κ1) is 20.2. The normalized spacial score (nSPS) is 11.4. The van der Waals surface area contributed by atoms with E-state index in [4.69, 9.17) is 16.3 Å². The topological polar surface area (TPSA) is 108 Å². The zero-order valence-electron chi connectivity index (χ0n) is 14.6. The fourth-order valence-electron chi connectivity index (χ4n) is 2.29. The maximum atomic E-state index is 12.1. The van der Waals surface area contributed by atoms with Gasteiger partial charge in [-0.15, -0.1) is 0 Å². The second-order valence-electron chi connectivity index (χ2n) is 5.56. The molecule has 1 atom stereocenters. The van der Waals surface area contributed by atoms with E-state index in [0.717, 1.165) is 11.6 Å². The van der Waals surface area contributed by atoms with Crippen LogP contribution in [0, 0.1) is 10.1 Å². The van der Waals surface area contributed by atoms with Gasteiger partial charge in [0.2, 0.25) is 0 Å². The molecule has 0 aromatic heterocycles. The van der Waals surface area contributed by atoms with Gasteiger partial charge < -0.3 is 14.8 Å². The SMILES string of the molecule is COC(=O)c1ccc([N+](=O)[O-])c(OCC(=O)NC(C)c2ccc(Cl)cc2)c1. The van der Waals surface area contributed by atoms with Crippen LogP contribution in [0.3, 0.4) is 0 Å². The lowest BCUT2D eigenvalue weighted by atomic mass is 10.1. The van der Waals surface area contributed by atoms with Gasteiger partial charge in [-0.2, -0.15) is 0 Å². The third kappa shape index (κ3) is 5.42. The molecule has 27 heavy (non-hydrogen) atoms. The van der Waals surface area contributed by atoms with Crippen LogP contribution in [0.2, 0.25) is 5.02 Å². The number of nitro benzene ring substituents is 1. The Labute approximate surface area is 160 Å². The number of nitrogens with zero attached hydrogens (tertiary/aromatic N) is 1. The van der Waals surface area contributed by atoms with Gasteiger partial charge in [0.1, 0.15) is 0 Å². The summed E-state index contributed by atoms with van der Waals surface area (Å²) in [5.41, 5.74) is 0.556. The Morgan fingerprint density at radius 2 is 1.89 bits per heavy atom. The molecule has 142 valence electrons. The smallest absolute Gasteiger partial charge is 0.337 e. The maximum Gasteiger partial charge on any atom is 0.337 e. The zero-order chi connectivity index (χ0) is 20.0. The second kappa shape index (κ2) is 9.00. The van der Waals surface area contributed by atoms with E-state index in [1.54, 1.807) is 31.2 Å². The Morgan fingerprint density at radius 3 is 2.48 bits per heavy atom. The average molecular weight is 393 g/mol. The first-order valence-corrected chi connectivity index (χ1v) is 8.24. The van der Waals surface area contributed by atoms with E-state index in [2.05, 4.69) is 10.1 Å². The van der Waals surface area contributed by atoms with Gasteiger partial charge >= 0.3 is 11.7 Å². The Balaban J connectivity index is 2.05. The van der Waals surface area contributed by atoms with Gasteiger partial charge in [-0.1, -0.05) is 23.7 Å². The van der Waals surface area contributed by atoms with Crippen LogP contribution in [-0.2, 0) is 9.53 Å². The van der Waals surface area contributed by atoms with Crippen molar-refractivity contribution in [1.29, 1.82) is 0 Å². The minimum Gasteiger partial charge on any atom is -0.477 e. The van der Waals surface area contributed by atoms with E-state index in [0.29, 0.717) is 5.02 Å². The lowest BCUT2D eigenvalue weighted by Gasteiger charge is -2.15. The number of nitrogens with one attached hydrogen (secondary N) is 1. The number of halogens is 1. The van der Waals surface area contributed by atoms with Gasteiger partial charge in [0.05, 0.1) is 23.6 Å². The van der Waals surface area contributed by atoms with Crippen LogP contribution in [-0.4, -0.2) is 30.5 Å². The molecule has 0 aliphatic carbocycles. The molecule has 0 aliphatic rings. The molecule has 0 fully saturated rings. The molecule has 2 aromatic rings. The quantitative estimate of drug-likeness (QED) is 0.440. The lowest BCUT2D eigenvalue weighted by molar-refractivity contribution is -0.385. The minimum absolute atomic E-state index is 0.0769. The third-order valence-corrected chi connectivity index (χ3v) is 3.94. The predicted octanol–water partition coefficient (Wildman–Crippen LogP) is 3.29. The minimum atomic E-state index is -0.671. The van der Waals surface area contributed by atoms with E-state index >= 15 is 0 Å². The highest BCUT2D eigenvalue weighted by Gasteiger charge is 2.20. The molecular formula is C18H17ClN2O6. The molecule has 2 rings (SSSR count). The second-order valence-corrected chi connectivity index (χ2v) is 6.00. The summed E-state index contributed by atoms with van der Waals surface area (Å²) in [5.74, 6) is -1.34. The summed E-state index contributed by atoms with van der Waals surface area (Å²) in [6.07, 6.45) is 0. The van der Waals surface area contributed by atoms with Crippen molar-refractivity contribution >= 4 is 29.2 Å². The number of hydrogen-bond donors (Lipinski definition) is 1. The molecular weight excluding hydrogens is 376 g/mol. The van der Waals surface area contributed by atoms with Gasteiger partial charge in [0.25, 0.3) is 5.91 Å². The highest BCUT2D eigenvalue weighted by atomic mass is 35.5. The molecule has 1 N–H and O–H groups in total. The highest BCUT2D eigenvalue weighted by molar-refractivity contribution is 6.30. The summed E-state index contributed by atoms with van der Waals surface area (Å²) in [6, 6.07) is 10.2.